The van der Waals surface area contributed by atoms with Crippen molar-refractivity contribution in [1.82, 2.24) is 24.4 Å². The highest BCUT2D eigenvalue weighted by Gasteiger charge is 2.29. The summed E-state index contributed by atoms with van der Waals surface area (Å²) in [6.45, 7) is 8.69. The Morgan fingerprint density at radius 3 is 2.73 bits per heavy atom. The zero-order valence-electron chi connectivity index (χ0n) is 22.9. The first-order valence-electron chi connectivity index (χ1n) is 12.8. The van der Waals surface area contributed by atoms with Crippen molar-refractivity contribution in [3.63, 3.8) is 0 Å². The van der Waals surface area contributed by atoms with Gasteiger partial charge in [-0.2, -0.15) is 0 Å². The number of halogens is 1. The van der Waals surface area contributed by atoms with Gasteiger partial charge in [0, 0.05) is 45.2 Å². The van der Waals surface area contributed by atoms with Crippen molar-refractivity contribution in [3.05, 3.63) is 56.2 Å². The van der Waals surface area contributed by atoms with Gasteiger partial charge in [-0.25, -0.2) is 19.7 Å². The molecule has 0 unspecified atom stereocenters. The monoisotopic (exact) mass is 599 g/mol. The van der Waals surface area contributed by atoms with E-state index in [-0.39, 0.29) is 18.6 Å². The summed E-state index contributed by atoms with van der Waals surface area (Å²) in [5, 5.41) is 4.64. The molecule has 0 spiro atoms. The average molecular weight is 600 g/mol. The quantitative estimate of drug-likeness (QED) is 0.206. The van der Waals surface area contributed by atoms with Crippen LogP contribution in [-0.4, -0.2) is 68.2 Å². The van der Waals surface area contributed by atoms with Gasteiger partial charge < -0.3 is 14.4 Å². The van der Waals surface area contributed by atoms with Crippen molar-refractivity contribution in [2.45, 2.75) is 51.1 Å². The van der Waals surface area contributed by atoms with Gasteiger partial charge in [0.1, 0.15) is 11.2 Å². The van der Waals surface area contributed by atoms with E-state index in [9.17, 15) is 9.59 Å². The smallest absolute Gasteiger partial charge is 0.410 e. The number of amides is 1. The highest BCUT2D eigenvalue weighted by molar-refractivity contribution is 7.98. The SMILES string of the molecule is CSc1ncc2cc(-c3ccc(-c4csc(C)n4)cc3Cl)c(=O)n(C[C@H]3CN(C(=O)OC(C)(C)C)CCO3)c2n1. The highest BCUT2D eigenvalue weighted by Crippen LogP contribution is 2.32. The van der Waals surface area contributed by atoms with Crippen LogP contribution in [0.25, 0.3) is 33.4 Å². The molecule has 0 aliphatic carbocycles. The van der Waals surface area contributed by atoms with Crippen LogP contribution in [0.2, 0.25) is 5.02 Å². The minimum atomic E-state index is -0.607. The lowest BCUT2D eigenvalue weighted by atomic mass is 10.0. The number of ether oxygens (including phenoxy) is 2. The Morgan fingerprint density at radius 2 is 2.05 bits per heavy atom. The van der Waals surface area contributed by atoms with E-state index in [1.54, 1.807) is 33.1 Å². The molecule has 4 heterocycles. The summed E-state index contributed by atoms with van der Waals surface area (Å²) in [5.74, 6) is 0. The van der Waals surface area contributed by atoms with E-state index in [1.807, 2.05) is 57.5 Å². The summed E-state index contributed by atoms with van der Waals surface area (Å²) in [5.41, 5.74) is 2.39. The van der Waals surface area contributed by atoms with Crippen LogP contribution in [0.4, 0.5) is 4.79 Å². The van der Waals surface area contributed by atoms with Gasteiger partial charge in [-0.15, -0.1) is 11.3 Å². The molecule has 5 rings (SSSR count). The zero-order chi connectivity index (χ0) is 28.6. The lowest BCUT2D eigenvalue weighted by molar-refractivity contribution is -0.0472. The molecule has 0 radical (unpaired) electrons. The van der Waals surface area contributed by atoms with Crippen molar-refractivity contribution in [3.8, 4) is 22.4 Å². The second-order valence-electron chi connectivity index (χ2n) is 10.5. The number of thiazole rings is 1. The van der Waals surface area contributed by atoms with Crippen LogP contribution in [0, 0.1) is 6.92 Å². The van der Waals surface area contributed by atoms with Crippen molar-refractivity contribution in [2.24, 2.45) is 0 Å². The molecule has 1 fully saturated rings. The molecule has 1 saturated heterocycles. The van der Waals surface area contributed by atoms with Crippen LogP contribution in [0.15, 0.2) is 45.8 Å². The zero-order valence-corrected chi connectivity index (χ0v) is 25.3. The molecule has 12 heteroatoms. The first-order valence-corrected chi connectivity index (χ1v) is 15.3. The molecular weight excluding hydrogens is 570 g/mol. The minimum absolute atomic E-state index is 0.196. The summed E-state index contributed by atoms with van der Waals surface area (Å²) < 4.78 is 13.2. The van der Waals surface area contributed by atoms with E-state index in [4.69, 9.17) is 21.1 Å². The second kappa shape index (κ2) is 11.5. The molecular formula is C28H30ClN5O4S2. The molecule has 210 valence electrons. The van der Waals surface area contributed by atoms with E-state index in [1.165, 1.54) is 11.8 Å². The van der Waals surface area contributed by atoms with E-state index >= 15 is 0 Å². The van der Waals surface area contributed by atoms with Gasteiger partial charge in [0.25, 0.3) is 5.56 Å². The maximum Gasteiger partial charge on any atom is 0.410 e. The molecule has 1 atom stereocenters. The molecule has 9 nitrogen and oxygen atoms in total. The first-order chi connectivity index (χ1) is 19.0. The fraction of sp³-hybridized carbons (Fsp3) is 0.393. The molecule has 1 amide bonds. The summed E-state index contributed by atoms with van der Waals surface area (Å²) in [4.78, 5) is 42.0. The number of fused-ring (bicyclic) bond motifs is 1. The molecule has 1 aromatic carbocycles. The van der Waals surface area contributed by atoms with Crippen molar-refractivity contribution in [2.75, 3.05) is 26.0 Å². The van der Waals surface area contributed by atoms with Gasteiger partial charge in [-0.05, 0) is 46.1 Å². The van der Waals surface area contributed by atoms with Crippen LogP contribution in [0.3, 0.4) is 0 Å². The maximum absolute atomic E-state index is 14.0. The Bertz CT molecular complexity index is 1630. The summed E-state index contributed by atoms with van der Waals surface area (Å²) in [6, 6.07) is 7.37. The predicted molar refractivity (Wildman–Crippen MR) is 159 cm³/mol. The van der Waals surface area contributed by atoms with E-state index in [0.717, 1.165) is 16.3 Å². The molecule has 1 aliphatic heterocycles. The number of rotatable bonds is 5. The third-order valence-electron chi connectivity index (χ3n) is 6.34. The van der Waals surface area contributed by atoms with Crippen LogP contribution in [0.5, 0.6) is 0 Å². The highest BCUT2D eigenvalue weighted by atomic mass is 35.5. The van der Waals surface area contributed by atoms with Gasteiger partial charge in [0.15, 0.2) is 5.16 Å². The molecule has 40 heavy (non-hydrogen) atoms. The number of aromatic nitrogens is 4. The molecule has 0 bridgehead atoms. The Hall–Kier alpha value is -2.99. The number of thioether (sulfide) groups is 1. The van der Waals surface area contributed by atoms with E-state index in [2.05, 4.69) is 15.0 Å². The second-order valence-corrected chi connectivity index (χ2v) is 12.7. The summed E-state index contributed by atoms with van der Waals surface area (Å²) >= 11 is 9.71. The first kappa shape index (κ1) is 28.5. The van der Waals surface area contributed by atoms with Crippen molar-refractivity contribution < 1.29 is 14.3 Å². The van der Waals surface area contributed by atoms with Crippen LogP contribution >= 0.6 is 34.7 Å². The third kappa shape index (κ3) is 6.17. The lowest BCUT2D eigenvalue weighted by Crippen LogP contribution is -2.49. The van der Waals surface area contributed by atoms with Gasteiger partial charge in [0.2, 0.25) is 0 Å². The molecule has 4 aromatic rings. The van der Waals surface area contributed by atoms with Crippen LogP contribution in [0.1, 0.15) is 25.8 Å². The number of benzene rings is 1. The predicted octanol–water partition coefficient (Wildman–Crippen LogP) is 5.90. The maximum atomic E-state index is 14.0. The number of aryl methyl sites for hydroxylation is 1. The number of morpholine rings is 1. The topological polar surface area (TPSA) is 99.4 Å². The average Bonchev–Trinajstić information content (AvgIpc) is 3.35. The van der Waals surface area contributed by atoms with Gasteiger partial charge in [-0.1, -0.05) is 35.5 Å². The fourth-order valence-corrected chi connectivity index (χ4v) is 5.76. The van der Waals surface area contributed by atoms with Crippen molar-refractivity contribution in [1.29, 1.82) is 0 Å². The standard InChI is InChI=1S/C28H30ClN5O4S2/c1-16-31-23(15-40-16)17-6-7-20(22(29)11-17)21-10-18-12-30-26(39-5)32-24(18)34(25(21)35)14-19-13-33(8-9-37-19)27(36)38-28(2,3)4/h6-7,10-12,15,19H,8-9,13-14H2,1-5H3/t19-/m1/s1. The number of carbonyl (C=O) groups is 1. The van der Waals surface area contributed by atoms with Crippen molar-refractivity contribution >= 4 is 51.8 Å². The van der Waals surface area contributed by atoms with Crippen LogP contribution < -0.4 is 5.56 Å². The molecule has 3 aromatic heterocycles. The third-order valence-corrected chi connectivity index (χ3v) is 7.99. The number of hydrogen-bond donors (Lipinski definition) is 0. The number of hydrogen-bond acceptors (Lipinski definition) is 9. The lowest BCUT2D eigenvalue weighted by Gasteiger charge is -2.34. The van der Waals surface area contributed by atoms with Gasteiger partial charge in [-0.3, -0.25) is 9.36 Å². The Kier molecular flexibility index (Phi) is 8.19. The Labute approximate surface area is 245 Å². The largest absolute Gasteiger partial charge is 0.444 e. The Balaban J connectivity index is 1.53. The van der Waals surface area contributed by atoms with Crippen LogP contribution in [-0.2, 0) is 16.0 Å². The fourth-order valence-electron chi connectivity index (χ4n) is 4.52. The molecule has 1 aliphatic rings. The molecule has 0 N–H and O–H groups in total. The summed E-state index contributed by atoms with van der Waals surface area (Å²) in [6.07, 6.45) is 2.76. The van der Waals surface area contributed by atoms with Gasteiger partial charge in [0.05, 0.1) is 36.5 Å². The summed E-state index contributed by atoms with van der Waals surface area (Å²) in [7, 11) is 0. The number of carbonyl (C=O) groups excluding carboxylic acids is 1. The number of pyridine rings is 1. The molecule has 0 saturated carbocycles. The van der Waals surface area contributed by atoms with Gasteiger partial charge >= 0.3 is 6.09 Å². The normalized spacial score (nSPS) is 15.9. The Morgan fingerprint density at radius 1 is 1.25 bits per heavy atom. The van der Waals surface area contributed by atoms with E-state index < -0.39 is 17.8 Å². The minimum Gasteiger partial charge on any atom is -0.444 e. The number of nitrogens with zero attached hydrogens (tertiary/aromatic N) is 5. The van der Waals surface area contributed by atoms with E-state index in [0.29, 0.717) is 45.5 Å².